The highest BCUT2D eigenvalue weighted by Gasteiger charge is 2.04. The molecule has 0 atom stereocenters. The maximum Gasteiger partial charge on any atom is 0.185 e. The molecule has 0 fully saturated rings. The van der Waals surface area contributed by atoms with Gasteiger partial charge in [-0.05, 0) is 48.0 Å². The van der Waals surface area contributed by atoms with Crippen molar-refractivity contribution in [3.05, 3.63) is 102 Å². The third kappa shape index (κ3) is 4.12. The Bertz CT molecular complexity index is 1050. The Labute approximate surface area is 157 Å². The Morgan fingerprint density at radius 3 is 2.44 bits per heavy atom. The molecule has 4 nitrogen and oxygen atoms in total. The molecule has 3 aromatic carbocycles. The predicted molar refractivity (Wildman–Crippen MR) is 110 cm³/mol. The van der Waals surface area contributed by atoms with Crippen LogP contribution in [0.2, 0.25) is 0 Å². The van der Waals surface area contributed by atoms with Crippen molar-refractivity contribution in [2.45, 2.75) is 6.54 Å². The number of rotatable bonds is 6. The summed E-state index contributed by atoms with van der Waals surface area (Å²) in [5, 5.41) is 3.32. The molecule has 0 aliphatic carbocycles. The van der Waals surface area contributed by atoms with E-state index < -0.39 is 0 Å². The van der Waals surface area contributed by atoms with Gasteiger partial charge in [0, 0.05) is 11.3 Å². The first-order valence-corrected chi connectivity index (χ1v) is 8.83. The Morgan fingerprint density at radius 2 is 1.67 bits per heavy atom. The van der Waals surface area contributed by atoms with E-state index in [1.807, 2.05) is 84.9 Å². The second-order valence-electron chi connectivity index (χ2n) is 6.24. The lowest BCUT2D eigenvalue weighted by Crippen LogP contribution is -2.02. The molecule has 4 rings (SSSR count). The summed E-state index contributed by atoms with van der Waals surface area (Å²) in [6, 6.07) is 25.2. The average molecular weight is 353 g/mol. The SMILES string of the molecule is O=C(/C=C/c1ccccc1)c1ccc(NCc2nc3ccccc3[nH]2)cc1. The summed E-state index contributed by atoms with van der Waals surface area (Å²) in [5.41, 5.74) is 4.60. The summed E-state index contributed by atoms with van der Waals surface area (Å²) in [6.45, 7) is 0.593. The van der Waals surface area contributed by atoms with Crippen LogP contribution < -0.4 is 5.32 Å². The fraction of sp³-hybridized carbons (Fsp3) is 0.0435. The van der Waals surface area contributed by atoms with Crippen molar-refractivity contribution in [3.8, 4) is 0 Å². The third-order valence-corrected chi connectivity index (χ3v) is 4.29. The number of fused-ring (bicyclic) bond motifs is 1. The molecule has 0 saturated carbocycles. The van der Waals surface area contributed by atoms with Gasteiger partial charge in [-0.1, -0.05) is 48.5 Å². The number of benzene rings is 3. The number of nitrogens with zero attached hydrogens (tertiary/aromatic N) is 1. The zero-order chi connectivity index (χ0) is 18.5. The van der Waals surface area contributed by atoms with Gasteiger partial charge >= 0.3 is 0 Å². The molecule has 132 valence electrons. The predicted octanol–water partition coefficient (Wildman–Crippen LogP) is 5.07. The molecule has 1 aromatic heterocycles. The summed E-state index contributed by atoms with van der Waals surface area (Å²) in [5.74, 6) is 0.866. The van der Waals surface area contributed by atoms with Crippen LogP contribution in [-0.4, -0.2) is 15.8 Å². The number of hydrogen-bond donors (Lipinski definition) is 2. The minimum Gasteiger partial charge on any atom is -0.378 e. The molecule has 1 heterocycles. The minimum absolute atomic E-state index is 0.0114. The van der Waals surface area contributed by atoms with Crippen molar-refractivity contribution < 1.29 is 4.79 Å². The van der Waals surface area contributed by atoms with E-state index in [-0.39, 0.29) is 5.78 Å². The second kappa shape index (κ2) is 7.70. The van der Waals surface area contributed by atoms with Crippen LogP contribution >= 0.6 is 0 Å². The highest BCUT2D eigenvalue weighted by Crippen LogP contribution is 2.14. The molecule has 0 amide bonds. The number of carbonyl (C=O) groups is 1. The monoisotopic (exact) mass is 353 g/mol. The molecule has 0 aliphatic heterocycles. The highest BCUT2D eigenvalue weighted by atomic mass is 16.1. The number of allylic oxidation sites excluding steroid dienone is 1. The maximum atomic E-state index is 12.3. The zero-order valence-corrected chi connectivity index (χ0v) is 14.7. The van der Waals surface area contributed by atoms with E-state index in [0.717, 1.165) is 28.1 Å². The first-order valence-electron chi connectivity index (χ1n) is 8.83. The molecular weight excluding hydrogens is 334 g/mol. The summed E-state index contributed by atoms with van der Waals surface area (Å²) in [4.78, 5) is 20.1. The molecule has 0 saturated heterocycles. The Morgan fingerprint density at radius 1 is 0.926 bits per heavy atom. The van der Waals surface area contributed by atoms with Gasteiger partial charge in [-0.2, -0.15) is 0 Å². The van der Waals surface area contributed by atoms with E-state index in [1.165, 1.54) is 0 Å². The number of nitrogens with one attached hydrogen (secondary N) is 2. The minimum atomic E-state index is -0.0114. The van der Waals surface area contributed by atoms with Crippen molar-refractivity contribution in [2.75, 3.05) is 5.32 Å². The fourth-order valence-corrected chi connectivity index (χ4v) is 2.86. The van der Waals surface area contributed by atoms with E-state index in [1.54, 1.807) is 6.08 Å². The topological polar surface area (TPSA) is 57.8 Å². The van der Waals surface area contributed by atoms with Crippen LogP contribution in [0.15, 0.2) is 84.9 Å². The van der Waals surface area contributed by atoms with Gasteiger partial charge in [0.25, 0.3) is 0 Å². The molecule has 0 aliphatic rings. The highest BCUT2D eigenvalue weighted by molar-refractivity contribution is 6.06. The normalized spacial score (nSPS) is 11.1. The summed E-state index contributed by atoms with van der Waals surface area (Å²) >= 11 is 0. The third-order valence-electron chi connectivity index (χ3n) is 4.29. The standard InChI is InChI=1S/C23H19N3O/c27-22(15-10-17-6-2-1-3-7-17)18-11-13-19(14-12-18)24-16-23-25-20-8-4-5-9-21(20)26-23/h1-15,24H,16H2,(H,25,26)/b15-10+. The lowest BCUT2D eigenvalue weighted by molar-refractivity contribution is 0.104. The van der Waals surface area contributed by atoms with Crippen LogP contribution in [0, 0.1) is 0 Å². The smallest absolute Gasteiger partial charge is 0.185 e. The Hall–Kier alpha value is -3.66. The number of ketones is 1. The first-order chi connectivity index (χ1) is 13.3. The number of carbonyl (C=O) groups excluding carboxylic acids is 1. The van der Waals surface area contributed by atoms with Crippen LogP contribution in [0.25, 0.3) is 17.1 Å². The van der Waals surface area contributed by atoms with Crippen LogP contribution in [0.3, 0.4) is 0 Å². The Balaban J connectivity index is 1.38. The maximum absolute atomic E-state index is 12.3. The van der Waals surface area contributed by atoms with E-state index in [4.69, 9.17) is 0 Å². The van der Waals surface area contributed by atoms with Crippen molar-refractivity contribution >= 4 is 28.6 Å². The Kier molecular flexibility index (Phi) is 4.79. The van der Waals surface area contributed by atoms with E-state index in [9.17, 15) is 4.79 Å². The molecule has 0 spiro atoms. The number of anilines is 1. The van der Waals surface area contributed by atoms with Crippen molar-refractivity contribution in [1.82, 2.24) is 9.97 Å². The van der Waals surface area contributed by atoms with Crippen molar-refractivity contribution in [1.29, 1.82) is 0 Å². The molecule has 2 N–H and O–H groups in total. The molecule has 4 heteroatoms. The molecule has 0 unspecified atom stereocenters. The number of aromatic nitrogens is 2. The molecule has 0 radical (unpaired) electrons. The van der Waals surface area contributed by atoms with E-state index in [2.05, 4.69) is 15.3 Å². The average Bonchev–Trinajstić information content (AvgIpc) is 3.15. The number of para-hydroxylation sites is 2. The van der Waals surface area contributed by atoms with Crippen molar-refractivity contribution in [2.24, 2.45) is 0 Å². The molecular formula is C23H19N3O. The second-order valence-corrected chi connectivity index (χ2v) is 6.24. The number of H-pyrrole nitrogens is 1. The first kappa shape index (κ1) is 16.8. The number of imidazole rings is 1. The fourth-order valence-electron chi connectivity index (χ4n) is 2.86. The van der Waals surface area contributed by atoms with Gasteiger partial charge < -0.3 is 10.3 Å². The van der Waals surface area contributed by atoms with Gasteiger partial charge in [0.1, 0.15) is 5.82 Å². The van der Waals surface area contributed by atoms with Gasteiger partial charge in [-0.15, -0.1) is 0 Å². The van der Waals surface area contributed by atoms with Crippen LogP contribution in [0.4, 0.5) is 5.69 Å². The summed E-state index contributed by atoms with van der Waals surface area (Å²) < 4.78 is 0. The van der Waals surface area contributed by atoms with Gasteiger partial charge in [-0.3, -0.25) is 4.79 Å². The van der Waals surface area contributed by atoms with Crippen molar-refractivity contribution in [3.63, 3.8) is 0 Å². The van der Waals surface area contributed by atoms with Gasteiger partial charge in [0.15, 0.2) is 5.78 Å². The zero-order valence-electron chi connectivity index (χ0n) is 14.7. The summed E-state index contributed by atoms with van der Waals surface area (Å²) in [7, 11) is 0. The number of hydrogen-bond acceptors (Lipinski definition) is 3. The van der Waals surface area contributed by atoms with Gasteiger partial charge in [0.05, 0.1) is 17.6 Å². The van der Waals surface area contributed by atoms with Crippen LogP contribution in [0.1, 0.15) is 21.7 Å². The molecule has 4 aromatic rings. The van der Waals surface area contributed by atoms with Crippen LogP contribution in [-0.2, 0) is 6.54 Å². The lowest BCUT2D eigenvalue weighted by Gasteiger charge is -2.05. The van der Waals surface area contributed by atoms with E-state index in [0.29, 0.717) is 12.1 Å². The molecule has 27 heavy (non-hydrogen) atoms. The van der Waals surface area contributed by atoms with Crippen LogP contribution in [0.5, 0.6) is 0 Å². The summed E-state index contributed by atoms with van der Waals surface area (Å²) in [6.07, 6.45) is 3.43. The largest absolute Gasteiger partial charge is 0.378 e. The lowest BCUT2D eigenvalue weighted by atomic mass is 10.1. The van der Waals surface area contributed by atoms with Gasteiger partial charge in [-0.25, -0.2) is 4.98 Å². The molecule has 0 bridgehead atoms. The van der Waals surface area contributed by atoms with E-state index >= 15 is 0 Å². The van der Waals surface area contributed by atoms with Gasteiger partial charge in [0.2, 0.25) is 0 Å². The number of aromatic amines is 1. The quantitative estimate of drug-likeness (QED) is 0.376.